The molecule has 108 valence electrons. The summed E-state index contributed by atoms with van der Waals surface area (Å²) in [6.45, 7) is 0. The van der Waals surface area contributed by atoms with Crippen molar-refractivity contribution < 1.29 is 8.42 Å². The van der Waals surface area contributed by atoms with Crippen molar-refractivity contribution in [1.82, 2.24) is 9.97 Å². The summed E-state index contributed by atoms with van der Waals surface area (Å²) in [5.74, 6) is -0.0103. The van der Waals surface area contributed by atoms with Crippen LogP contribution in [0.4, 0.5) is 5.13 Å². The lowest BCUT2D eigenvalue weighted by atomic mass is 10.1. The molecule has 0 saturated carbocycles. The van der Waals surface area contributed by atoms with Crippen LogP contribution in [0.5, 0.6) is 0 Å². The first-order valence-electron chi connectivity index (χ1n) is 6.19. The average molecular weight is 319 g/mol. The van der Waals surface area contributed by atoms with Crippen LogP contribution in [0.25, 0.3) is 21.3 Å². The molecule has 0 unspecified atom stereocenters. The van der Waals surface area contributed by atoms with Crippen LogP contribution >= 0.6 is 11.3 Å². The maximum absolute atomic E-state index is 11.4. The van der Waals surface area contributed by atoms with Gasteiger partial charge in [0.25, 0.3) is 0 Å². The lowest BCUT2D eigenvalue weighted by Gasteiger charge is -2.04. The van der Waals surface area contributed by atoms with Crippen molar-refractivity contribution in [3.63, 3.8) is 0 Å². The first kappa shape index (κ1) is 14.0. The number of anilines is 1. The minimum absolute atomic E-state index is 0.0103. The summed E-state index contributed by atoms with van der Waals surface area (Å²) in [4.78, 5) is 8.34. The number of fused-ring (bicyclic) bond motifs is 1. The number of nitrogens with zero attached hydrogens (tertiary/aromatic N) is 2. The summed E-state index contributed by atoms with van der Waals surface area (Å²) in [7, 11) is -3.07. The second-order valence-corrected chi connectivity index (χ2v) is 8.09. The highest BCUT2D eigenvalue weighted by molar-refractivity contribution is 7.89. The molecule has 0 aliphatic rings. The SMILES string of the molecule is CS(=O)(=O)Cc1cncc(-c2ccc3nc(N)sc3c2)c1. The number of thiazole rings is 1. The van der Waals surface area contributed by atoms with Crippen LogP contribution in [0.15, 0.2) is 36.7 Å². The zero-order valence-electron chi connectivity index (χ0n) is 11.3. The molecule has 0 atom stereocenters. The molecule has 0 spiro atoms. The quantitative estimate of drug-likeness (QED) is 0.801. The highest BCUT2D eigenvalue weighted by Gasteiger charge is 2.08. The molecule has 0 amide bonds. The fourth-order valence-corrected chi connectivity index (χ4v) is 3.69. The summed E-state index contributed by atoms with van der Waals surface area (Å²) in [5.41, 5.74) is 9.09. The van der Waals surface area contributed by atoms with Crippen LogP contribution < -0.4 is 5.73 Å². The average Bonchev–Trinajstić information content (AvgIpc) is 2.76. The third-order valence-corrected chi connectivity index (χ3v) is 4.67. The predicted molar refractivity (Wildman–Crippen MR) is 85.8 cm³/mol. The zero-order valence-corrected chi connectivity index (χ0v) is 12.9. The summed E-state index contributed by atoms with van der Waals surface area (Å²) in [5, 5.41) is 0.533. The normalized spacial score (nSPS) is 11.9. The Morgan fingerprint density at radius 1 is 1.19 bits per heavy atom. The second-order valence-electron chi connectivity index (χ2n) is 4.89. The number of nitrogens with two attached hydrogens (primary N) is 1. The highest BCUT2D eigenvalue weighted by Crippen LogP contribution is 2.29. The van der Waals surface area contributed by atoms with E-state index in [2.05, 4.69) is 9.97 Å². The van der Waals surface area contributed by atoms with E-state index < -0.39 is 9.84 Å². The second kappa shape index (κ2) is 5.09. The van der Waals surface area contributed by atoms with Crippen molar-refractivity contribution in [2.75, 3.05) is 12.0 Å². The van der Waals surface area contributed by atoms with E-state index in [1.54, 1.807) is 12.4 Å². The van der Waals surface area contributed by atoms with Crippen LogP contribution in [0.1, 0.15) is 5.56 Å². The van der Waals surface area contributed by atoms with Gasteiger partial charge in [-0.3, -0.25) is 4.98 Å². The summed E-state index contributed by atoms with van der Waals surface area (Å²) < 4.78 is 23.8. The van der Waals surface area contributed by atoms with E-state index in [1.807, 2.05) is 24.3 Å². The molecule has 0 bridgehead atoms. The van der Waals surface area contributed by atoms with Gasteiger partial charge in [0.1, 0.15) is 0 Å². The van der Waals surface area contributed by atoms with Gasteiger partial charge in [0.2, 0.25) is 0 Å². The smallest absolute Gasteiger partial charge is 0.181 e. The molecule has 3 aromatic rings. The van der Waals surface area contributed by atoms with E-state index >= 15 is 0 Å². The molecule has 2 heterocycles. The summed E-state index contributed by atoms with van der Waals surface area (Å²) in [6.07, 6.45) is 4.51. The number of pyridine rings is 1. The Balaban J connectivity index is 2.03. The zero-order chi connectivity index (χ0) is 15.0. The fourth-order valence-electron chi connectivity index (χ4n) is 2.15. The van der Waals surface area contributed by atoms with Gasteiger partial charge in [-0.15, -0.1) is 0 Å². The molecule has 0 radical (unpaired) electrons. The van der Waals surface area contributed by atoms with Crippen molar-refractivity contribution in [1.29, 1.82) is 0 Å². The molecule has 0 fully saturated rings. The molecule has 0 aliphatic carbocycles. The van der Waals surface area contributed by atoms with Crippen molar-refractivity contribution >= 4 is 36.5 Å². The van der Waals surface area contributed by atoms with Gasteiger partial charge in [-0.25, -0.2) is 13.4 Å². The van der Waals surface area contributed by atoms with Crippen molar-refractivity contribution in [2.45, 2.75) is 5.75 Å². The molecule has 0 saturated heterocycles. The van der Waals surface area contributed by atoms with E-state index in [0.29, 0.717) is 10.7 Å². The van der Waals surface area contributed by atoms with Gasteiger partial charge in [0.05, 0.1) is 16.0 Å². The number of hydrogen-bond acceptors (Lipinski definition) is 6. The van der Waals surface area contributed by atoms with Crippen LogP contribution in [0, 0.1) is 0 Å². The first-order valence-corrected chi connectivity index (χ1v) is 9.06. The molecule has 3 rings (SSSR count). The number of rotatable bonds is 3. The maximum atomic E-state index is 11.4. The Kier molecular flexibility index (Phi) is 3.38. The van der Waals surface area contributed by atoms with Gasteiger partial charge in [0, 0.05) is 24.2 Å². The molecular formula is C14H13N3O2S2. The Bertz CT molecular complexity index is 917. The van der Waals surface area contributed by atoms with E-state index in [4.69, 9.17) is 5.73 Å². The number of nitrogen functional groups attached to an aromatic ring is 1. The van der Waals surface area contributed by atoms with Gasteiger partial charge in [-0.1, -0.05) is 17.4 Å². The predicted octanol–water partition coefficient (Wildman–Crippen LogP) is 2.49. The Labute approximate surface area is 126 Å². The van der Waals surface area contributed by atoms with E-state index in [9.17, 15) is 8.42 Å². The van der Waals surface area contributed by atoms with Crippen molar-refractivity contribution in [2.24, 2.45) is 0 Å². The largest absolute Gasteiger partial charge is 0.375 e. The number of benzene rings is 1. The number of aromatic nitrogens is 2. The van der Waals surface area contributed by atoms with Crippen molar-refractivity contribution in [3.05, 3.63) is 42.2 Å². The fraction of sp³-hybridized carbons (Fsp3) is 0.143. The monoisotopic (exact) mass is 319 g/mol. The summed E-state index contributed by atoms with van der Waals surface area (Å²) >= 11 is 1.43. The minimum atomic E-state index is -3.07. The van der Waals surface area contributed by atoms with Crippen LogP contribution in [-0.2, 0) is 15.6 Å². The third-order valence-electron chi connectivity index (χ3n) is 2.96. The summed E-state index contributed by atoms with van der Waals surface area (Å²) in [6, 6.07) is 7.67. The molecule has 5 nitrogen and oxygen atoms in total. The van der Waals surface area contributed by atoms with Crippen LogP contribution in [0.2, 0.25) is 0 Å². The van der Waals surface area contributed by atoms with Gasteiger partial charge in [-0.05, 0) is 29.3 Å². The first-order chi connectivity index (χ1) is 9.90. The Morgan fingerprint density at radius 2 is 2.00 bits per heavy atom. The minimum Gasteiger partial charge on any atom is -0.375 e. The maximum Gasteiger partial charge on any atom is 0.181 e. The van der Waals surface area contributed by atoms with Crippen LogP contribution in [-0.4, -0.2) is 24.6 Å². The third kappa shape index (κ3) is 3.20. The van der Waals surface area contributed by atoms with Crippen molar-refractivity contribution in [3.8, 4) is 11.1 Å². The van der Waals surface area contributed by atoms with Gasteiger partial charge < -0.3 is 5.73 Å². The van der Waals surface area contributed by atoms with E-state index in [1.165, 1.54) is 17.6 Å². The van der Waals surface area contributed by atoms with E-state index in [-0.39, 0.29) is 5.75 Å². The standard InChI is InChI=1S/C14H13N3O2S2/c1-21(18,19)8-9-4-11(7-16-6-9)10-2-3-12-13(5-10)20-14(15)17-12/h2-7H,8H2,1H3,(H2,15,17). The van der Waals surface area contributed by atoms with E-state index in [0.717, 1.165) is 21.3 Å². The Morgan fingerprint density at radius 3 is 2.76 bits per heavy atom. The van der Waals surface area contributed by atoms with Gasteiger partial charge in [-0.2, -0.15) is 0 Å². The molecular weight excluding hydrogens is 306 g/mol. The topological polar surface area (TPSA) is 85.9 Å². The number of hydrogen-bond donors (Lipinski definition) is 1. The lowest BCUT2D eigenvalue weighted by molar-refractivity contribution is 0.601. The lowest BCUT2D eigenvalue weighted by Crippen LogP contribution is -2.01. The molecule has 7 heteroatoms. The van der Waals surface area contributed by atoms with Crippen LogP contribution in [0.3, 0.4) is 0 Å². The molecule has 2 aromatic heterocycles. The van der Waals surface area contributed by atoms with Gasteiger partial charge >= 0.3 is 0 Å². The molecule has 2 N–H and O–H groups in total. The Hall–Kier alpha value is -1.99. The molecule has 0 aliphatic heterocycles. The molecule has 21 heavy (non-hydrogen) atoms. The van der Waals surface area contributed by atoms with Gasteiger partial charge in [0.15, 0.2) is 15.0 Å². The molecule has 1 aromatic carbocycles. The highest BCUT2D eigenvalue weighted by atomic mass is 32.2. The number of sulfone groups is 1.